The minimum absolute atomic E-state index is 0.0918. The van der Waals surface area contributed by atoms with E-state index in [0.29, 0.717) is 16.3 Å². The lowest BCUT2D eigenvalue weighted by Crippen LogP contribution is -2.44. The van der Waals surface area contributed by atoms with Crippen LogP contribution < -0.4 is 10.2 Å². The molecule has 6 nitrogen and oxygen atoms in total. The second-order valence-corrected chi connectivity index (χ2v) is 6.83. The maximum Gasteiger partial charge on any atom is 0.348 e. The summed E-state index contributed by atoms with van der Waals surface area (Å²) in [6, 6.07) is 8.80. The van der Waals surface area contributed by atoms with Crippen molar-refractivity contribution in [2.75, 3.05) is 23.4 Å². The van der Waals surface area contributed by atoms with Crippen molar-refractivity contribution in [3.63, 3.8) is 0 Å². The third kappa shape index (κ3) is 3.56. The van der Waals surface area contributed by atoms with Gasteiger partial charge in [0, 0.05) is 4.88 Å². The molecule has 0 saturated heterocycles. The predicted molar refractivity (Wildman–Crippen MR) is 96.1 cm³/mol. The first kappa shape index (κ1) is 17.2. The SMILES string of the molecule is CCc1sc(C(=O)OCC(=O)N2CC(=O)Nc3ccccc32)cc1C. The standard InChI is InChI=1S/C18H18N2O4S/c1-3-14-11(2)8-15(25-14)18(23)24-10-17(22)20-9-16(21)19-12-6-4-5-7-13(12)20/h4-8H,3,9-10H2,1-2H3,(H,19,21). The number of nitrogens with zero attached hydrogens (tertiary/aromatic N) is 1. The monoisotopic (exact) mass is 358 g/mol. The molecule has 130 valence electrons. The van der Waals surface area contributed by atoms with Crippen LogP contribution in [0.1, 0.15) is 27.0 Å². The highest BCUT2D eigenvalue weighted by atomic mass is 32.1. The van der Waals surface area contributed by atoms with E-state index in [-0.39, 0.29) is 12.5 Å². The summed E-state index contributed by atoms with van der Waals surface area (Å²) in [4.78, 5) is 39.3. The minimum Gasteiger partial charge on any atom is -0.451 e. The van der Waals surface area contributed by atoms with Gasteiger partial charge in [-0.15, -0.1) is 11.3 Å². The zero-order chi connectivity index (χ0) is 18.0. The van der Waals surface area contributed by atoms with Crippen LogP contribution >= 0.6 is 11.3 Å². The number of para-hydroxylation sites is 2. The first-order valence-electron chi connectivity index (χ1n) is 7.95. The van der Waals surface area contributed by atoms with Crippen LogP contribution in [0, 0.1) is 6.92 Å². The zero-order valence-electron chi connectivity index (χ0n) is 14.0. The molecular formula is C18H18N2O4S. The summed E-state index contributed by atoms with van der Waals surface area (Å²) in [5, 5.41) is 2.71. The smallest absolute Gasteiger partial charge is 0.348 e. The van der Waals surface area contributed by atoms with Gasteiger partial charge in [-0.2, -0.15) is 0 Å². The number of hydrogen-bond donors (Lipinski definition) is 1. The lowest BCUT2D eigenvalue weighted by Gasteiger charge is -2.28. The van der Waals surface area contributed by atoms with E-state index in [1.165, 1.54) is 16.2 Å². The van der Waals surface area contributed by atoms with E-state index in [1.807, 2.05) is 13.8 Å². The highest BCUT2D eigenvalue weighted by Crippen LogP contribution is 2.29. The molecule has 1 N–H and O–H groups in total. The highest BCUT2D eigenvalue weighted by molar-refractivity contribution is 7.14. The van der Waals surface area contributed by atoms with Gasteiger partial charge >= 0.3 is 5.97 Å². The van der Waals surface area contributed by atoms with Crippen LogP contribution in [-0.4, -0.2) is 30.9 Å². The third-order valence-electron chi connectivity index (χ3n) is 3.94. The molecule has 0 aliphatic carbocycles. The zero-order valence-corrected chi connectivity index (χ0v) is 14.8. The number of ether oxygens (including phenoxy) is 1. The van der Waals surface area contributed by atoms with Gasteiger partial charge < -0.3 is 10.1 Å². The topological polar surface area (TPSA) is 75.7 Å². The number of carbonyl (C=O) groups excluding carboxylic acids is 3. The van der Waals surface area contributed by atoms with Crippen LogP contribution in [-0.2, 0) is 20.7 Å². The Balaban J connectivity index is 1.68. The Morgan fingerprint density at radius 3 is 2.80 bits per heavy atom. The van der Waals surface area contributed by atoms with Crippen molar-refractivity contribution in [1.29, 1.82) is 0 Å². The van der Waals surface area contributed by atoms with Crippen LogP contribution in [0.2, 0.25) is 0 Å². The summed E-state index contributed by atoms with van der Waals surface area (Å²) in [7, 11) is 0. The van der Waals surface area contributed by atoms with Gasteiger partial charge in [0.2, 0.25) is 5.91 Å². The molecule has 0 fully saturated rings. The highest BCUT2D eigenvalue weighted by Gasteiger charge is 2.27. The lowest BCUT2D eigenvalue weighted by atomic mass is 10.2. The Kier molecular flexibility index (Phi) is 4.85. The number of benzene rings is 1. The molecular weight excluding hydrogens is 340 g/mol. The first-order valence-corrected chi connectivity index (χ1v) is 8.77. The van der Waals surface area contributed by atoms with E-state index in [2.05, 4.69) is 5.32 Å². The molecule has 0 bridgehead atoms. The Labute approximate surface area is 149 Å². The average molecular weight is 358 g/mol. The number of fused-ring (bicyclic) bond motifs is 1. The number of anilines is 2. The Hall–Kier alpha value is -2.67. The molecule has 1 aliphatic heterocycles. The van der Waals surface area contributed by atoms with Crippen molar-refractivity contribution in [1.82, 2.24) is 0 Å². The van der Waals surface area contributed by atoms with Crippen molar-refractivity contribution >= 4 is 40.5 Å². The van der Waals surface area contributed by atoms with Gasteiger partial charge in [-0.05, 0) is 37.1 Å². The molecule has 0 radical (unpaired) electrons. The fourth-order valence-electron chi connectivity index (χ4n) is 2.70. The number of thiophene rings is 1. The van der Waals surface area contributed by atoms with E-state index in [9.17, 15) is 14.4 Å². The molecule has 1 aliphatic rings. The van der Waals surface area contributed by atoms with Crippen molar-refractivity contribution < 1.29 is 19.1 Å². The average Bonchev–Trinajstić information content (AvgIpc) is 2.99. The van der Waals surface area contributed by atoms with Crippen LogP contribution in [0.5, 0.6) is 0 Å². The molecule has 1 aromatic carbocycles. The Morgan fingerprint density at radius 1 is 1.32 bits per heavy atom. The van der Waals surface area contributed by atoms with Gasteiger partial charge in [0.15, 0.2) is 6.61 Å². The Bertz CT molecular complexity index is 843. The van der Waals surface area contributed by atoms with Crippen LogP contribution in [0.15, 0.2) is 30.3 Å². The number of esters is 1. The van der Waals surface area contributed by atoms with Gasteiger partial charge in [0.1, 0.15) is 11.4 Å². The predicted octanol–water partition coefficient (Wildman–Crippen LogP) is 2.76. The van der Waals surface area contributed by atoms with Crippen LogP contribution in [0.3, 0.4) is 0 Å². The van der Waals surface area contributed by atoms with E-state index >= 15 is 0 Å². The van der Waals surface area contributed by atoms with E-state index < -0.39 is 18.5 Å². The molecule has 0 spiro atoms. The van der Waals surface area contributed by atoms with E-state index in [4.69, 9.17) is 4.74 Å². The van der Waals surface area contributed by atoms with Crippen molar-refractivity contribution in [2.45, 2.75) is 20.3 Å². The number of carbonyl (C=O) groups is 3. The normalized spacial score (nSPS) is 13.2. The molecule has 3 rings (SSSR count). The maximum absolute atomic E-state index is 12.4. The second kappa shape index (κ2) is 7.06. The van der Waals surface area contributed by atoms with Crippen molar-refractivity contribution in [3.8, 4) is 0 Å². The van der Waals surface area contributed by atoms with Crippen LogP contribution in [0.4, 0.5) is 11.4 Å². The summed E-state index contributed by atoms with van der Waals surface area (Å²) in [6.45, 7) is 3.47. The molecule has 0 atom stereocenters. The quantitative estimate of drug-likeness (QED) is 0.853. The number of hydrogen-bond acceptors (Lipinski definition) is 5. The van der Waals surface area contributed by atoms with Gasteiger partial charge in [0.25, 0.3) is 5.91 Å². The number of nitrogens with one attached hydrogen (secondary N) is 1. The summed E-state index contributed by atoms with van der Waals surface area (Å²) < 4.78 is 5.15. The summed E-state index contributed by atoms with van der Waals surface area (Å²) >= 11 is 1.38. The Morgan fingerprint density at radius 2 is 2.08 bits per heavy atom. The van der Waals surface area contributed by atoms with Gasteiger partial charge in [-0.3, -0.25) is 14.5 Å². The largest absolute Gasteiger partial charge is 0.451 e. The summed E-state index contributed by atoms with van der Waals surface area (Å²) in [5.74, 6) is -1.23. The second-order valence-electron chi connectivity index (χ2n) is 5.69. The molecule has 1 aromatic heterocycles. The molecule has 7 heteroatoms. The van der Waals surface area contributed by atoms with Gasteiger partial charge in [-0.1, -0.05) is 19.1 Å². The van der Waals surface area contributed by atoms with Gasteiger partial charge in [0.05, 0.1) is 11.4 Å². The number of amides is 2. The third-order valence-corrected chi connectivity index (χ3v) is 5.30. The van der Waals surface area contributed by atoms with E-state index in [1.54, 1.807) is 30.3 Å². The molecule has 2 amide bonds. The first-order chi connectivity index (χ1) is 12.0. The molecule has 25 heavy (non-hydrogen) atoms. The molecule has 0 unspecified atom stereocenters. The molecule has 2 heterocycles. The van der Waals surface area contributed by atoms with Crippen molar-refractivity contribution in [2.24, 2.45) is 0 Å². The summed E-state index contributed by atoms with van der Waals surface area (Å²) in [6.07, 6.45) is 0.850. The van der Waals surface area contributed by atoms with Crippen molar-refractivity contribution in [3.05, 3.63) is 45.6 Å². The minimum atomic E-state index is -0.518. The number of rotatable bonds is 4. The molecule has 2 aromatic rings. The fourth-order valence-corrected chi connectivity index (χ4v) is 3.71. The van der Waals surface area contributed by atoms with Crippen LogP contribution in [0.25, 0.3) is 0 Å². The van der Waals surface area contributed by atoms with Gasteiger partial charge in [-0.25, -0.2) is 4.79 Å². The fraction of sp³-hybridized carbons (Fsp3) is 0.278. The lowest BCUT2D eigenvalue weighted by molar-refractivity contribution is -0.124. The van der Waals surface area contributed by atoms with E-state index in [0.717, 1.165) is 16.9 Å². The molecule has 0 saturated carbocycles. The summed E-state index contributed by atoms with van der Waals surface area (Å²) in [5.41, 5.74) is 2.22. The number of aryl methyl sites for hydroxylation is 2. The maximum atomic E-state index is 12.4.